The molecule has 0 heterocycles. The van der Waals surface area contributed by atoms with Gasteiger partial charge in [-0.3, -0.25) is 14.5 Å². The number of quaternary nitrogens is 2. The number of nitrogens with one attached hydrogen (secondary N) is 2. The monoisotopic (exact) mass is 433 g/mol. The van der Waals surface area contributed by atoms with Gasteiger partial charge in [0, 0.05) is 6.54 Å². The predicted molar refractivity (Wildman–Crippen MR) is 86.2 cm³/mol. The molecule has 0 rings (SSSR count). The van der Waals surface area contributed by atoms with Gasteiger partial charge in [0.25, 0.3) is 0 Å². The molecule has 0 saturated carbocycles. The Labute approximate surface area is 190 Å². The number of hydrogen-bond donors (Lipinski definition) is 5. The van der Waals surface area contributed by atoms with E-state index in [0.29, 0.717) is 4.90 Å². The van der Waals surface area contributed by atoms with E-state index in [1.54, 1.807) is 0 Å². The first-order valence-corrected chi connectivity index (χ1v) is 7.94. The molecule has 2 atom stereocenters. The summed E-state index contributed by atoms with van der Waals surface area (Å²) in [5.41, 5.74) is 0. The van der Waals surface area contributed by atoms with Crippen LogP contribution < -0.4 is 20.0 Å². The van der Waals surface area contributed by atoms with Gasteiger partial charge < -0.3 is 44.9 Å². The third kappa shape index (κ3) is 16.6. The molecule has 28 heavy (non-hydrogen) atoms. The van der Waals surface area contributed by atoms with Crippen LogP contribution in [0.25, 0.3) is 0 Å². The van der Waals surface area contributed by atoms with Crippen molar-refractivity contribution >= 4 is 67.6 Å². The largest absolute Gasteiger partial charge is 2.00 e. The second-order valence-corrected chi connectivity index (χ2v) is 5.92. The van der Waals surface area contributed by atoms with Crippen molar-refractivity contribution in [2.75, 3.05) is 58.9 Å². The summed E-state index contributed by atoms with van der Waals surface area (Å²) < 4.78 is 0. The number of carbonyl (C=O) groups excluding carboxylic acids is 2. The minimum absolute atomic E-state index is 0. The van der Waals surface area contributed by atoms with Gasteiger partial charge in [-0.1, -0.05) is 0 Å². The summed E-state index contributed by atoms with van der Waals surface area (Å²) in [5.74, 6) is -6.59. The molecule has 0 aliphatic carbocycles. The van der Waals surface area contributed by atoms with Crippen molar-refractivity contribution in [3.63, 3.8) is 0 Å². The Kier molecular flexibility index (Phi) is 15.8. The van der Waals surface area contributed by atoms with E-state index in [-0.39, 0.29) is 68.8 Å². The second-order valence-electron chi connectivity index (χ2n) is 5.92. The summed E-state index contributed by atoms with van der Waals surface area (Å²) in [4.78, 5) is 55.5. The zero-order chi connectivity index (χ0) is 21.0. The van der Waals surface area contributed by atoms with Gasteiger partial charge in [-0.05, 0) is 0 Å². The predicted octanol–water partition coefficient (Wildman–Crippen LogP) is -8.57. The quantitative estimate of drug-likeness (QED) is 0.145. The fraction of sp³-hybridized carbons (Fsp3) is 0.643. The third-order valence-corrected chi connectivity index (χ3v) is 3.52. The Morgan fingerprint density at radius 1 is 0.679 bits per heavy atom. The molecule has 13 nitrogen and oxygen atoms in total. The summed E-state index contributed by atoms with van der Waals surface area (Å²) in [5, 5.41) is 47.9. The normalized spacial score (nSPS) is 12.6. The van der Waals surface area contributed by atoms with Crippen LogP contribution in [0.1, 0.15) is 0 Å². The van der Waals surface area contributed by atoms with Crippen molar-refractivity contribution in [1.82, 2.24) is 4.90 Å². The van der Waals surface area contributed by atoms with E-state index in [4.69, 9.17) is 15.3 Å². The molecule has 5 N–H and O–H groups in total. The van der Waals surface area contributed by atoms with Gasteiger partial charge in [0.15, 0.2) is 6.54 Å². The Morgan fingerprint density at radius 2 is 1.11 bits per heavy atom. The standard InChI is InChI=1S/C14H23N3O10.Ca/c18-10(19)5-15(1-3-16(6-11(20)21)7-12(22)23)2-4-17(8-13(24)25)9-14(26)27;/h1-9H2,(H,18,19)(H,20,21)(H,22,23)(H,24,25)(H,26,27);/q;+2. The molecule has 14 heteroatoms. The van der Waals surface area contributed by atoms with E-state index < -0.39 is 62.6 Å². The molecular formula is C14H23CaN3O10+2. The third-order valence-electron chi connectivity index (χ3n) is 3.52. The van der Waals surface area contributed by atoms with Crippen molar-refractivity contribution in [3.8, 4) is 0 Å². The molecule has 0 amide bonds. The van der Waals surface area contributed by atoms with E-state index in [1.165, 1.54) is 0 Å². The van der Waals surface area contributed by atoms with Crippen molar-refractivity contribution in [2.24, 2.45) is 0 Å². The second kappa shape index (κ2) is 15.4. The first-order chi connectivity index (χ1) is 12.5. The molecule has 0 bridgehead atoms. The van der Waals surface area contributed by atoms with Crippen LogP contribution in [0.3, 0.4) is 0 Å². The van der Waals surface area contributed by atoms with Crippen LogP contribution in [0.5, 0.6) is 0 Å². The van der Waals surface area contributed by atoms with Crippen LogP contribution in [-0.2, 0) is 24.0 Å². The summed E-state index contributed by atoms with van der Waals surface area (Å²) in [6.45, 7) is -2.61. The summed E-state index contributed by atoms with van der Waals surface area (Å²) in [6, 6.07) is 0. The van der Waals surface area contributed by atoms with Gasteiger partial charge in [0.05, 0.1) is 31.6 Å². The first kappa shape index (κ1) is 28.7. The minimum Gasteiger partial charge on any atom is -0.544 e. The Morgan fingerprint density at radius 3 is 1.50 bits per heavy atom. The summed E-state index contributed by atoms with van der Waals surface area (Å²) in [7, 11) is 0. The van der Waals surface area contributed by atoms with Crippen molar-refractivity contribution in [3.05, 3.63) is 0 Å². The fourth-order valence-corrected chi connectivity index (χ4v) is 2.43. The molecule has 2 unspecified atom stereocenters. The van der Waals surface area contributed by atoms with Crippen LogP contribution in [0.2, 0.25) is 0 Å². The molecule has 0 aliphatic rings. The molecule has 0 radical (unpaired) electrons. The Bertz CT molecular complexity index is 487. The zero-order valence-corrected chi connectivity index (χ0v) is 17.4. The van der Waals surface area contributed by atoms with Crippen molar-refractivity contribution in [1.29, 1.82) is 0 Å². The molecule has 154 valence electrons. The van der Waals surface area contributed by atoms with Gasteiger partial charge in [-0.2, -0.15) is 0 Å². The minimum atomic E-state index is -1.46. The van der Waals surface area contributed by atoms with Crippen molar-refractivity contribution < 1.29 is 59.3 Å². The van der Waals surface area contributed by atoms with Crippen LogP contribution >= 0.6 is 0 Å². The van der Waals surface area contributed by atoms with Gasteiger partial charge in [0.1, 0.15) is 26.2 Å². The van der Waals surface area contributed by atoms with Crippen LogP contribution in [0, 0.1) is 0 Å². The van der Waals surface area contributed by atoms with Gasteiger partial charge in [-0.15, -0.1) is 0 Å². The number of carboxylic acids is 5. The number of carboxylic acid groups (broad SMARTS) is 5. The molecule has 0 saturated heterocycles. The maximum absolute atomic E-state index is 10.9. The number of carbonyl (C=O) groups is 5. The SMILES string of the molecule is O=C([O-])C[NH+](CCN(CC(=O)O)CC(=O)O)CC[NH+](CC(=O)[O-])CC(=O)O.[Ca+2]. The number of aliphatic carboxylic acids is 5. The average Bonchev–Trinajstić information content (AvgIpc) is 2.46. The number of nitrogens with zero attached hydrogens (tertiary/aromatic N) is 1. The molecule has 0 aliphatic heterocycles. The zero-order valence-electron chi connectivity index (χ0n) is 15.2. The fourth-order valence-electron chi connectivity index (χ4n) is 2.43. The summed E-state index contributed by atoms with van der Waals surface area (Å²) >= 11 is 0. The summed E-state index contributed by atoms with van der Waals surface area (Å²) in [6.07, 6.45) is 0. The molecular weight excluding hydrogens is 410 g/mol. The molecule has 0 spiro atoms. The Balaban J connectivity index is 0. The van der Waals surface area contributed by atoms with E-state index in [9.17, 15) is 34.2 Å². The van der Waals surface area contributed by atoms with Gasteiger partial charge in [-0.25, -0.2) is 4.79 Å². The van der Waals surface area contributed by atoms with Crippen molar-refractivity contribution in [2.45, 2.75) is 0 Å². The molecule has 0 aromatic rings. The van der Waals surface area contributed by atoms with E-state index in [0.717, 1.165) is 4.90 Å². The molecule has 0 aromatic heterocycles. The number of hydrogen-bond acceptors (Lipinski definition) is 8. The Hall–Kier alpha value is -1.51. The molecule has 0 fully saturated rings. The van der Waals surface area contributed by atoms with E-state index in [2.05, 4.69) is 0 Å². The van der Waals surface area contributed by atoms with Gasteiger partial charge >= 0.3 is 55.6 Å². The van der Waals surface area contributed by atoms with E-state index >= 15 is 0 Å². The number of rotatable bonds is 16. The first-order valence-electron chi connectivity index (χ1n) is 7.94. The maximum atomic E-state index is 10.9. The smallest absolute Gasteiger partial charge is 0.544 e. The topological polar surface area (TPSA) is 204 Å². The maximum Gasteiger partial charge on any atom is 2.00 e. The molecule has 0 aromatic carbocycles. The van der Waals surface area contributed by atoms with Gasteiger partial charge in [0.2, 0.25) is 0 Å². The van der Waals surface area contributed by atoms with Crippen LogP contribution in [-0.4, -0.2) is 147 Å². The van der Waals surface area contributed by atoms with Crippen LogP contribution in [0.15, 0.2) is 0 Å². The van der Waals surface area contributed by atoms with E-state index in [1.807, 2.05) is 0 Å². The average molecular weight is 433 g/mol. The van der Waals surface area contributed by atoms with Crippen LogP contribution in [0.4, 0.5) is 0 Å².